The fraction of sp³-hybridized carbons (Fsp3) is 0.0294. The standard InChI is InChI=1S/C34H25N5/c35-29-16-2-1-12-26(29)34-25(15-7-19-38-34)24-20-30(27-13-3-8-22-10-5-17-36-32(22)27)39-31(21-24)28-14-4-9-23-11-6-18-37-33(23)28/h1-21,29,38H,35H2/b34-26-. The van der Waals surface area contributed by atoms with Gasteiger partial charge < -0.3 is 11.1 Å². The van der Waals surface area contributed by atoms with Gasteiger partial charge in [0.05, 0.1) is 34.2 Å². The number of nitrogens with one attached hydrogen (secondary N) is 1. The van der Waals surface area contributed by atoms with E-state index in [1.807, 2.05) is 55.0 Å². The Labute approximate surface area is 226 Å². The van der Waals surface area contributed by atoms with Crippen LogP contribution in [0.15, 0.2) is 139 Å². The molecule has 5 aromatic rings. The third-order valence-corrected chi connectivity index (χ3v) is 7.16. The normalized spacial score (nSPS) is 18.4. The van der Waals surface area contributed by atoms with Crippen molar-refractivity contribution in [3.8, 4) is 22.5 Å². The number of para-hydroxylation sites is 2. The second-order valence-electron chi connectivity index (χ2n) is 9.57. The number of pyridine rings is 3. The number of nitrogens with zero attached hydrogens (tertiary/aromatic N) is 3. The van der Waals surface area contributed by atoms with E-state index in [4.69, 9.17) is 20.7 Å². The highest BCUT2D eigenvalue weighted by atomic mass is 14.9. The van der Waals surface area contributed by atoms with Crippen molar-refractivity contribution in [2.45, 2.75) is 6.04 Å². The van der Waals surface area contributed by atoms with Crippen molar-refractivity contribution in [1.82, 2.24) is 20.3 Å². The van der Waals surface area contributed by atoms with Gasteiger partial charge in [0.2, 0.25) is 0 Å². The number of dihydropyridines is 1. The van der Waals surface area contributed by atoms with Crippen molar-refractivity contribution < 1.29 is 0 Å². The van der Waals surface area contributed by atoms with E-state index in [-0.39, 0.29) is 6.04 Å². The van der Waals surface area contributed by atoms with Crippen LogP contribution >= 0.6 is 0 Å². The van der Waals surface area contributed by atoms with Gasteiger partial charge in [0.1, 0.15) is 0 Å². The van der Waals surface area contributed by atoms with Gasteiger partial charge in [0.15, 0.2) is 0 Å². The predicted molar refractivity (Wildman–Crippen MR) is 159 cm³/mol. The summed E-state index contributed by atoms with van der Waals surface area (Å²) < 4.78 is 0. The summed E-state index contributed by atoms with van der Waals surface area (Å²) in [6.45, 7) is 0. The molecule has 3 aromatic heterocycles. The molecule has 5 heteroatoms. The molecule has 0 saturated carbocycles. The zero-order chi connectivity index (χ0) is 26.2. The summed E-state index contributed by atoms with van der Waals surface area (Å²) in [5.74, 6) is 0. The van der Waals surface area contributed by atoms with Crippen LogP contribution in [0.4, 0.5) is 0 Å². The number of benzene rings is 2. The van der Waals surface area contributed by atoms with Crippen LogP contribution in [0.1, 0.15) is 5.56 Å². The Balaban J connectivity index is 1.50. The van der Waals surface area contributed by atoms with E-state index in [9.17, 15) is 0 Å². The number of rotatable bonds is 3. The Morgan fingerprint density at radius 2 is 1.36 bits per heavy atom. The van der Waals surface area contributed by atoms with Crippen LogP contribution in [0.2, 0.25) is 0 Å². The number of allylic oxidation sites excluding steroid dienone is 5. The molecule has 0 bridgehead atoms. The van der Waals surface area contributed by atoms with Gasteiger partial charge in [-0.15, -0.1) is 0 Å². The summed E-state index contributed by atoms with van der Waals surface area (Å²) in [4.78, 5) is 14.6. The zero-order valence-electron chi connectivity index (χ0n) is 21.1. The molecule has 39 heavy (non-hydrogen) atoms. The highest BCUT2D eigenvalue weighted by molar-refractivity contribution is 5.97. The number of fused-ring (bicyclic) bond motifs is 2. The number of hydrogen-bond donors (Lipinski definition) is 2. The van der Waals surface area contributed by atoms with E-state index in [1.165, 1.54) is 0 Å². The van der Waals surface area contributed by atoms with Gasteiger partial charge in [-0.25, -0.2) is 4.98 Å². The Bertz CT molecular complexity index is 1800. The lowest BCUT2D eigenvalue weighted by atomic mass is 9.90. The molecule has 4 heterocycles. The van der Waals surface area contributed by atoms with Crippen LogP contribution in [0.25, 0.3) is 49.9 Å². The maximum absolute atomic E-state index is 6.50. The van der Waals surface area contributed by atoms with E-state index in [2.05, 4.69) is 78.1 Å². The van der Waals surface area contributed by atoms with E-state index >= 15 is 0 Å². The first-order valence-corrected chi connectivity index (χ1v) is 13.0. The molecule has 0 saturated heterocycles. The molecule has 1 atom stereocenters. The van der Waals surface area contributed by atoms with Crippen LogP contribution in [0.5, 0.6) is 0 Å². The molecule has 2 aliphatic rings. The molecule has 0 spiro atoms. The van der Waals surface area contributed by atoms with Crippen LogP contribution in [0, 0.1) is 0 Å². The average molecular weight is 504 g/mol. The molecule has 3 N–H and O–H groups in total. The summed E-state index contributed by atoms with van der Waals surface area (Å²) in [5.41, 5.74) is 16.1. The molecule has 0 radical (unpaired) electrons. The molecular formula is C34H25N5. The van der Waals surface area contributed by atoms with E-state index in [0.717, 1.165) is 66.7 Å². The number of hydrogen-bond acceptors (Lipinski definition) is 5. The third kappa shape index (κ3) is 4.15. The number of aromatic nitrogens is 3. The molecule has 1 aliphatic carbocycles. The van der Waals surface area contributed by atoms with Crippen molar-refractivity contribution in [3.63, 3.8) is 0 Å². The lowest BCUT2D eigenvalue weighted by Crippen LogP contribution is -2.25. The van der Waals surface area contributed by atoms with Crippen LogP contribution in [0.3, 0.4) is 0 Å². The Morgan fingerprint density at radius 3 is 2.00 bits per heavy atom. The topological polar surface area (TPSA) is 76.7 Å². The van der Waals surface area contributed by atoms with Crippen molar-refractivity contribution in [2.24, 2.45) is 5.73 Å². The Kier molecular flexibility index (Phi) is 5.69. The molecule has 1 aliphatic heterocycles. The van der Waals surface area contributed by atoms with Crippen LogP contribution in [-0.4, -0.2) is 21.0 Å². The van der Waals surface area contributed by atoms with Crippen molar-refractivity contribution in [1.29, 1.82) is 0 Å². The van der Waals surface area contributed by atoms with Crippen LogP contribution < -0.4 is 11.1 Å². The first-order chi connectivity index (χ1) is 19.3. The summed E-state index contributed by atoms with van der Waals surface area (Å²) in [7, 11) is 0. The van der Waals surface area contributed by atoms with Gasteiger partial charge in [-0.3, -0.25) is 9.97 Å². The first-order valence-electron chi connectivity index (χ1n) is 13.0. The molecule has 1 unspecified atom stereocenters. The maximum Gasteiger partial charge on any atom is 0.0795 e. The minimum absolute atomic E-state index is 0.197. The highest BCUT2D eigenvalue weighted by Crippen LogP contribution is 2.36. The van der Waals surface area contributed by atoms with Crippen LogP contribution in [-0.2, 0) is 0 Å². The SMILES string of the molecule is NC1C=CC=C/C1=C1/NC=CC=C1c1cc(-c2cccc3cccnc23)nc(-c2cccc3cccnc23)c1. The van der Waals surface area contributed by atoms with Gasteiger partial charge in [-0.2, -0.15) is 0 Å². The van der Waals surface area contributed by atoms with Gasteiger partial charge in [0, 0.05) is 46.1 Å². The predicted octanol–water partition coefficient (Wildman–Crippen LogP) is 6.72. The molecular weight excluding hydrogens is 478 g/mol. The molecule has 186 valence electrons. The second kappa shape index (κ2) is 9.63. The van der Waals surface area contributed by atoms with Gasteiger partial charge in [-0.1, -0.05) is 78.9 Å². The Hall–Kier alpha value is -5.13. The minimum Gasteiger partial charge on any atom is -0.361 e. The molecule has 2 aromatic carbocycles. The van der Waals surface area contributed by atoms with Gasteiger partial charge >= 0.3 is 0 Å². The summed E-state index contributed by atoms with van der Waals surface area (Å²) in [5, 5.41) is 5.61. The molecule has 7 rings (SSSR count). The smallest absolute Gasteiger partial charge is 0.0795 e. The Morgan fingerprint density at radius 1 is 0.718 bits per heavy atom. The lowest BCUT2D eigenvalue weighted by molar-refractivity contribution is 0.928. The van der Waals surface area contributed by atoms with E-state index < -0.39 is 0 Å². The summed E-state index contributed by atoms with van der Waals surface area (Å²) in [6.07, 6.45) is 17.8. The summed E-state index contributed by atoms with van der Waals surface area (Å²) in [6, 6.07) is 24.6. The largest absolute Gasteiger partial charge is 0.361 e. The third-order valence-electron chi connectivity index (χ3n) is 7.16. The fourth-order valence-corrected chi connectivity index (χ4v) is 5.31. The maximum atomic E-state index is 6.50. The highest BCUT2D eigenvalue weighted by Gasteiger charge is 2.21. The van der Waals surface area contributed by atoms with Crippen molar-refractivity contribution in [2.75, 3.05) is 0 Å². The van der Waals surface area contributed by atoms with Crippen molar-refractivity contribution >= 4 is 27.4 Å². The quantitative estimate of drug-likeness (QED) is 0.286. The molecule has 5 nitrogen and oxygen atoms in total. The lowest BCUT2D eigenvalue weighted by Gasteiger charge is -2.23. The molecule has 0 fully saturated rings. The monoisotopic (exact) mass is 503 g/mol. The zero-order valence-corrected chi connectivity index (χ0v) is 21.1. The second-order valence-corrected chi connectivity index (χ2v) is 9.57. The van der Waals surface area contributed by atoms with Gasteiger partial charge in [-0.05, 0) is 41.5 Å². The first kappa shape index (κ1) is 23.0. The van der Waals surface area contributed by atoms with Crippen molar-refractivity contribution in [3.05, 3.63) is 145 Å². The summed E-state index contributed by atoms with van der Waals surface area (Å²) >= 11 is 0. The molecule has 0 amide bonds. The average Bonchev–Trinajstić information content (AvgIpc) is 3.00. The fourth-order valence-electron chi connectivity index (χ4n) is 5.31. The van der Waals surface area contributed by atoms with E-state index in [1.54, 1.807) is 0 Å². The van der Waals surface area contributed by atoms with E-state index in [0.29, 0.717) is 0 Å². The minimum atomic E-state index is -0.197. The van der Waals surface area contributed by atoms with Gasteiger partial charge in [0.25, 0.3) is 0 Å². The number of nitrogens with two attached hydrogens (primary N) is 1.